The molecule has 0 spiro atoms. The number of phosphoric acid groups is 1. The van der Waals surface area contributed by atoms with E-state index in [4.69, 9.17) is 34.4 Å². The molecule has 238 valence electrons. The molecule has 1 aromatic carbocycles. The molecule has 43 heavy (non-hydrogen) atoms. The topological polar surface area (TPSA) is 180 Å². The average molecular weight is 646 g/mol. The lowest BCUT2D eigenvalue weighted by Crippen LogP contribution is -2.37. The summed E-state index contributed by atoms with van der Waals surface area (Å²) in [5.74, 6) is -1.39. The Labute approximate surface area is 255 Å². The Morgan fingerprint density at radius 3 is 2.14 bits per heavy atom. The number of nitro groups is 1. The minimum absolute atomic E-state index is 0.00882. The number of phenolic OH excluding ortho intramolecular Hbond substituents is 1. The normalized spacial score (nSPS) is 12.1. The molecule has 0 fully saturated rings. The van der Waals surface area contributed by atoms with Crippen molar-refractivity contribution >= 4 is 25.1 Å². The van der Waals surface area contributed by atoms with Gasteiger partial charge in [0.05, 0.1) is 21.7 Å². The molecule has 3 rings (SSSR count). The fourth-order valence-corrected chi connectivity index (χ4v) is 5.61. The van der Waals surface area contributed by atoms with Gasteiger partial charge in [0.1, 0.15) is 5.56 Å². The molecule has 0 amide bonds. The van der Waals surface area contributed by atoms with Crippen molar-refractivity contribution in [2.45, 2.75) is 87.4 Å². The van der Waals surface area contributed by atoms with Crippen LogP contribution in [0.15, 0.2) is 16.7 Å². The van der Waals surface area contributed by atoms with E-state index in [0.717, 1.165) is 16.4 Å². The van der Waals surface area contributed by atoms with Gasteiger partial charge < -0.3 is 14.4 Å². The number of ether oxygens (including phenoxy) is 1. The number of rotatable bonds is 9. The van der Waals surface area contributed by atoms with Crippen molar-refractivity contribution in [1.82, 2.24) is 10.1 Å². The quantitative estimate of drug-likeness (QED) is 0.0453. The summed E-state index contributed by atoms with van der Waals surface area (Å²) >= 11 is 6.34. The first-order chi connectivity index (χ1) is 19.7. The van der Waals surface area contributed by atoms with E-state index >= 15 is 0 Å². The van der Waals surface area contributed by atoms with E-state index in [1.54, 1.807) is 62.3 Å². The van der Waals surface area contributed by atoms with Gasteiger partial charge in [0.2, 0.25) is 24.1 Å². The summed E-state index contributed by atoms with van der Waals surface area (Å²) in [6, 6.07) is 2.21. The number of phenols is 1. The van der Waals surface area contributed by atoms with Gasteiger partial charge in [-0.3, -0.25) is 24.4 Å². The van der Waals surface area contributed by atoms with Crippen molar-refractivity contribution in [2.24, 2.45) is 0 Å². The molecule has 0 saturated heterocycles. The van der Waals surface area contributed by atoms with E-state index in [1.165, 1.54) is 6.07 Å². The van der Waals surface area contributed by atoms with Gasteiger partial charge in [-0.15, -0.1) is 0 Å². The van der Waals surface area contributed by atoms with Gasteiger partial charge in [-0.05, 0) is 78.6 Å². The minimum atomic E-state index is -4.18. The third kappa shape index (κ3) is 8.87. The van der Waals surface area contributed by atoms with Gasteiger partial charge in [0.15, 0.2) is 5.75 Å². The Morgan fingerprint density at radius 2 is 1.63 bits per heavy atom. The second-order valence-electron chi connectivity index (χ2n) is 11.1. The molecule has 0 aliphatic heterocycles. The number of pyridine rings is 1. The monoisotopic (exact) mass is 645 g/mol. The number of nitro benzene ring substituents is 1. The van der Waals surface area contributed by atoms with E-state index in [2.05, 4.69) is 10.1 Å². The maximum Gasteiger partial charge on any atom is 0.478 e. The molecule has 2 heterocycles. The van der Waals surface area contributed by atoms with E-state index in [-0.39, 0.29) is 22.4 Å². The summed E-state index contributed by atoms with van der Waals surface area (Å²) in [6.07, 6.45) is 0. The molecule has 0 bridgehead atoms. The molecule has 0 radical (unpaired) electrons. The maximum atomic E-state index is 13.3. The van der Waals surface area contributed by atoms with Crippen LogP contribution in [0.2, 0.25) is 5.15 Å². The smallest absolute Gasteiger partial charge is 0.478 e. The number of benzene rings is 1. The van der Waals surface area contributed by atoms with Crippen molar-refractivity contribution in [3.05, 3.63) is 44.2 Å². The predicted molar refractivity (Wildman–Crippen MR) is 157 cm³/mol. The van der Waals surface area contributed by atoms with Gasteiger partial charge in [-0.2, -0.15) is 4.98 Å². The fourth-order valence-electron chi connectivity index (χ4n) is 3.59. The molecule has 0 saturated carbocycles. The summed E-state index contributed by atoms with van der Waals surface area (Å²) in [7, 11) is -4.18. The lowest BCUT2D eigenvalue weighted by Gasteiger charge is -2.30. The highest BCUT2D eigenvalue weighted by molar-refractivity contribution is 7.48. The number of aromatic nitrogens is 3. The summed E-state index contributed by atoms with van der Waals surface area (Å²) in [5.41, 5.74) is -0.320. The maximum absolute atomic E-state index is 13.3. The number of aromatic hydroxyl groups is 1. The van der Waals surface area contributed by atoms with Crippen molar-refractivity contribution in [3.63, 3.8) is 0 Å². The number of phosphoric ester groups is 1. The zero-order valence-corrected chi connectivity index (χ0v) is 27.8. The Hall–Kier alpha value is -3.29. The van der Waals surface area contributed by atoms with Gasteiger partial charge in [-0.1, -0.05) is 19.0 Å². The molecule has 14 nitrogen and oxygen atoms in total. The van der Waals surface area contributed by atoms with Crippen LogP contribution >= 0.6 is 19.4 Å². The molecule has 0 unspecified atom stereocenters. The zero-order chi connectivity index (χ0) is 33.1. The van der Waals surface area contributed by atoms with Gasteiger partial charge >= 0.3 is 18.7 Å². The summed E-state index contributed by atoms with van der Waals surface area (Å²) in [6.45, 7) is 18.4. The SMILES string of the molecule is CC.Cc1c(C)c(C)[n+](O)c(Cl)c1-c1noc(-c2cc(OCOP(=O)(OC(C)(C)C)OC(C)(C)C)c(O)c([N+](=O)[O-])c2)n1. The highest BCUT2D eigenvalue weighted by atomic mass is 35.5. The van der Waals surface area contributed by atoms with Crippen LogP contribution in [0, 0.1) is 30.9 Å². The number of halogens is 1. The predicted octanol–water partition coefficient (Wildman–Crippen LogP) is 7.24. The van der Waals surface area contributed by atoms with E-state index in [0.29, 0.717) is 16.8 Å². The lowest BCUT2D eigenvalue weighted by atomic mass is 10.0. The molecule has 16 heteroatoms. The molecule has 0 atom stereocenters. The molecule has 2 N–H and O–H groups in total. The third-order valence-electron chi connectivity index (χ3n) is 5.53. The van der Waals surface area contributed by atoms with Crippen LogP contribution in [0.25, 0.3) is 22.8 Å². The molecular formula is C27H39ClN4O10P+. The first-order valence-corrected chi connectivity index (χ1v) is 15.1. The van der Waals surface area contributed by atoms with E-state index in [9.17, 15) is 25.0 Å². The molecular weight excluding hydrogens is 607 g/mol. The van der Waals surface area contributed by atoms with Crippen molar-refractivity contribution in [2.75, 3.05) is 6.79 Å². The Balaban J connectivity index is 0.00000316. The van der Waals surface area contributed by atoms with E-state index < -0.39 is 47.9 Å². The summed E-state index contributed by atoms with van der Waals surface area (Å²) in [5, 5.41) is 36.4. The second-order valence-corrected chi connectivity index (χ2v) is 13.0. The van der Waals surface area contributed by atoms with Crippen LogP contribution in [-0.2, 0) is 18.1 Å². The van der Waals surface area contributed by atoms with Crippen LogP contribution in [0.5, 0.6) is 11.5 Å². The Morgan fingerprint density at radius 1 is 1.07 bits per heavy atom. The van der Waals surface area contributed by atoms with Crippen LogP contribution < -0.4 is 9.47 Å². The third-order valence-corrected chi connectivity index (χ3v) is 7.85. The fraction of sp³-hybridized carbons (Fsp3) is 0.519. The molecule has 0 aliphatic rings. The second kappa shape index (κ2) is 13.6. The molecule has 0 aliphatic carbocycles. The standard InChI is InChI=1S/C25H32ClN4O10P.C2H6/c1-13-14(2)19(21(26)29(32)15(13)3)22-27-23(38-28-22)16-10-17(30(33)34)20(31)18(11-16)36-12-37-41(35,39-24(4,5)6)40-25(7,8)9;1-2/h10-11H,12H2,1-9H3,(H-,27,28,31,32);1-2H3/p+1. The van der Waals surface area contributed by atoms with Gasteiger partial charge in [0.25, 0.3) is 5.89 Å². The average Bonchev–Trinajstić information content (AvgIpc) is 3.36. The summed E-state index contributed by atoms with van der Waals surface area (Å²) < 4.78 is 41.2. The van der Waals surface area contributed by atoms with Crippen molar-refractivity contribution in [1.29, 1.82) is 0 Å². The van der Waals surface area contributed by atoms with Crippen LogP contribution in [-0.4, -0.2) is 43.4 Å². The zero-order valence-electron chi connectivity index (χ0n) is 26.1. The lowest BCUT2D eigenvalue weighted by molar-refractivity contribution is -0.906. The van der Waals surface area contributed by atoms with Crippen LogP contribution in [0.4, 0.5) is 5.69 Å². The highest BCUT2D eigenvalue weighted by Gasteiger charge is 2.38. The highest BCUT2D eigenvalue weighted by Crippen LogP contribution is 2.55. The van der Waals surface area contributed by atoms with Gasteiger partial charge in [0, 0.05) is 23.3 Å². The minimum Gasteiger partial charge on any atom is -0.500 e. The van der Waals surface area contributed by atoms with Crippen molar-refractivity contribution < 1.29 is 47.4 Å². The van der Waals surface area contributed by atoms with Gasteiger partial charge in [-0.25, -0.2) is 9.09 Å². The number of hydrogen-bond donors (Lipinski definition) is 2. The van der Waals surface area contributed by atoms with Crippen molar-refractivity contribution in [3.8, 4) is 34.3 Å². The number of hydrogen-bond acceptors (Lipinski definition) is 12. The Bertz CT molecular complexity index is 1480. The molecule has 2 aromatic heterocycles. The van der Waals surface area contributed by atoms with Crippen LogP contribution in [0.3, 0.4) is 0 Å². The Kier molecular flexibility index (Phi) is 11.3. The molecule has 3 aromatic rings. The first-order valence-electron chi connectivity index (χ1n) is 13.3. The first kappa shape index (κ1) is 35.9. The van der Waals surface area contributed by atoms with Crippen LogP contribution in [0.1, 0.15) is 72.2 Å². The van der Waals surface area contributed by atoms with E-state index in [1.807, 2.05) is 13.8 Å². The summed E-state index contributed by atoms with van der Waals surface area (Å²) in [4.78, 5) is 15.1. The largest absolute Gasteiger partial charge is 0.500 e. The number of nitrogens with zero attached hydrogens (tertiary/aromatic N) is 4.